The zero-order valence-electron chi connectivity index (χ0n) is 14.0. The first kappa shape index (κ1) is 17.1. The Morgan fingerprint density at radius 3 is 2.13 bits per heavy atom. The van der Waals surface area contributed by atoms with E-state index in [1.807, 2.05) is 0 Å². The summed E-state index contributed by atoms with van der Waals surface area (Å²) in [5.74, 6) is 0.0626. The Morgan fingerprint density at radius 1 is 1.09 bits per heavy atom. The van der Waals surface area contributed by atoms with E-state index in [0.717, 1.165) is 0 Å². The van der Waals surface area contributed by atoms with Gasteiger partial charge in [0.25, 0.3) is 5.91 Å². The van der Waals surface area contributed by atoms with Crippen molar-refractivity contribution in [1.82, 2.24) is 15.1 Å². The van der Waals surface area contributed by atoms with Gasteiger partial charge >= 0.3 is 11.8 Å². The largest absolute Gasteiger partial charge is 0.466 e. The Morgan fingerprint density at radius 2 is 1.65 bits per heavy atom. The highest BCUT2D eigenvalue weighted by atomic mass is 16.3. The number of carbonyl (C=O) groups excluding carboxylic acids is 3. The van der Waals surface area contributed by atoms with Crippen molar-refractivity contribution >= 4 is 17.7 Å². The van der Waals surface area contributed by atoms with E-state index in [2.05, 4.69) is 5.32 Å². The number of hydrogen-bond donors (Lipinski definition) is 1. The van der Waals surface area contributed by atoms with E-state index < -0.39 is 11.8 Å². The normalized spacial score (nSPS) is 15.0. The van der Waals surface area contributed by atoms with Gasteiger partial charge < -0.3 is 19.5 Å². The molecule has 0 bridgehead atoms. The molecule has 0 atom stereocenters. The number of rotatable bonds is 2. The molecule has 1 N–H and O–H groups in total. The minimum absolute atomic E-state index is 0.0818. The first-order valence-corrected chi connectivity index (χ1v) is 7.75. The highest BCUT2D eigenvalue weighted by Crippen LogP contribution is 2.17. The van der Waals surface area contributed by atoms with Gasteiger partial charge in [-0.1, -0.05) is 0 Å². The smallest absolute Gasteiger partial charge is 0.312 e. The number of aryl methyl sites for hydroxylation is 2. The Labute approximate surface area is 135 Å². The van der Waals surface area contributed by atoms with Crippen LogP contribution in [0.5, 0.6) is 0 Å². The van der Waals surface area contributed by atoms with Gasteiger partial charge in [-0.25, -0.2) is 0 Å². The summed E-state index contributed by atoms with van der Waals surface area (Å²) in [5, 5.41) is 2.59. The maximum atomic E-state index is 12.5. The van der Waals surface area contributed by atoms with Crippen molar-refractivity contribution in [3.05, 3.63) is 23.2 Å². The van der Waals surface area contributed by atoms with Crippen molar-refractivity contribution in [1.29, 1.82) is 0 Å². The summed E-state index contributed by atoms with van der Waals surface area (Å²) < 4.78 is 5.39. The summed E-state index contributed by atoms with van der Waals surface area (Å²) in [5.41, 5.74) is 0.555. The summed E-state index contributed by atoms with van der Waals surface area (Å²) in [6.45, 7) is 8.68. The third kappa shape index (κ3) is 3.91. The molecule has 126 valence electrons. The average Bonchev–Trinajstić information content (AvgIpc) is 2.84. The SMILES string of the molecule is Cc1cc(C(=O)N2CCN(C(=O)C(=O)NC(C)C)CC2)c(C)o1. The predicted molar refractivity (Wildman–Crippen MR) is 83.9 cm³/mol. The van der Waals surface area contributed by atoms with Crippen LogP contribution in [0.1, 0.15) is 35.7 Å². The molecule has 1 saturated heterocycles. The fourth-order valence-electron chi connectivity index (χ4n) is 2.59. The van der Waals surface area contributed by atoms with Crippen molar-refractivity contribution < 1.29 is 18.8 Å². The fraction of sp³-hybridized carbons (Fsp3) is 0.562. The van der Waals surface area contributed by atoms with Crippen LogP contribution >= 0.6 is 0 Å². The quantitative estimate of drug-likeness (QED) is 0.813. The molecule has 3 amide bonds. The molecule has 0 unspecified atom stereocenters. The molecule has 1 fully saturated rings. The van der Waals surface area contributed by atoms with Crippen LogP contribution in [0.4, 0.5) is 0 Å². The van der Waals surface area contributed by atoms with Gasteiger partial charge in [0.1, 0.15) is 11.5 Å². The van der Waals surface area contributed by atoms with Crippen molar-refractivity contribution in [2.75, 3.05) is 26.2 Å². The molecule has 1 aliphatic rings. The van der Waals surface area contributed by atoms with Crippen LogP contribution in [0.3, 0.4) is 0 Å². The lowest BCUT2D eigenvalue weighted by Gasteiger charge is -2.34. The van der Waals surface area contributed by atoms with E-state index in [9.17, 15) is 14.4 Å². The highest BCUT2D eigenvalue weighted by Gasteiger charge is 2.29. The summed E-state index contributed by atoms with van der Waals surface area (Å²) in [6.07, 6.45) is 0. The molecule has 1 aromatic rings. The van der Waals surface area contributed by atoms with Crippen molar-refractivity contribution in [2.24, 2.45) is 0 Å². The molecule has 7 nitrogen and oxygen atoms in total. The molecule has 0 saturated carbocycles. The Kier molecular flexibility index (Phi) is 5.08. The predicted octanol–water partition coefficient (Wildman–Crippen LogP) is 0.705. The summed E-state index contributed by atoms with van der Waals surface area (Å²) in [6, 6.07) is 1.65. The van der Waals surface area contributed by atoms with Crippen LogP contribution in [0, 0.1) is 13.8 Å². The van der Waals surface area contributed by atoms with E-state index >= 15 is 0 Å². The maximum absolute atomic E-state index is 12.5. The van der Waals surface area contributed by atoms with Gasteiger partial charge in [-0.2, -0.15) is 0 Å². The molecule has 1 aliphatic heterocycles. The Hall–Kier alpha value is -2.31. The van der Waals surface area contributed by atoms with E-state index in [-0.39, 0.29) is 11.9 Å². The van der Waals surface area contributed by atoms with Crippen LogP contribution in [0.25, 0.3) is 0 Å². The molecule has 23 heavy (non-hydrogen) atoms. The summed E-state index contributed by atoms with van der Waals surface area (Å²) >= 11 is 0. The zero-order chi connectivity index (χ0) is 17.1. The van der Waals surface area contributed by atoms with Gasteiger partial charge in [0.2, 0.25) is 0 Å². The molecule has 1 aromatic heterocycles. The standard InChI is InChI=1S/C16H23N3O4/c1-10(2)17-14(20)16(22)19-7-5-18(6-8-19)15(21)13-9-11(3)23-12(13)4/h9-10H,5-8H2,1-4H3,(H,17,20). The second kappa shape index (κ2) is 6.85. The number of nitrogens with one attached hydrogen (secondary N) is 1. The minimum atomic E-state index is -0.596. The zero-order valence-corrected chi connectivity index (χ0v) is 14.0. The molecule has 0 aliphatic carbocycles. The Bertz CT molecular complexity index is 613. The third-order valence-electron chi connectivity index (χ3n) is 3.74. The topological polar surface area (TPSA) is 82.9 Å². The van der Waals surface area contributed by atoms with Gasteiger partial charge in [-0.15, -0.1) is 0 Å². The molecule has 0 radical (unpaired) electrons. The molecular weight excluding hydrogens is 298 g/mol. The van der Waals surface area contributed by atoms with E-state index in [1.165, 1.54) is 4.90 Å². The van der Waals surface area contributed by atoms with E-state index in [4.69, 9.17) is 4.42 Å². The molecular formula is C16H23N3O4. The maximum Gasteiger partial charge on any atom is 0.312 e. The van der Waals surface area contributed by atoms with Crippen LogP contribution < -0.4 is 5.32 Å². The molecule has 7 heteroatoms. The fourth-order valence-corrected chi connectivity index (χ4v) is 2.59. The van der Waals surface area contributed by atoms with Gasteiger partial charge in [0.15, 0.2) is 0 Å². The van der Waals surface area contributed by atoms with E-state index in [1.54, 1.807) is 38.7 Å². The number of piperazine rings is 1. The number of amides is 3. The first-order chi connectivity index (χ1) is 10.8. The Balaban J connectivity index is 1.93. The molecule has 2 rings (SSSR count). The highest BCUT2D eigenvalue weighted by molar-refractivity contribution is 6.35. The second-order valence-corrected chi connectivity index (χ2v) is 6.04. The minimum Gasteiger partial charge on any atom is -0.466 e. The summed E-state index contributed by atoms with van der Waals surface area (Å²) in [4.78, 5) is 39.4. The first-order valence-electron chi connectivity index (χ1n) is 7.75. The van der Waals surface area contributed by atoms with Gasteiger partial charge in [0.05, 0.1) is 5.56 Å². The van der Waals surface area contributed by atoms with E-state index in [0.29, 0.717) is 43.3 Å². The molecule has 0 aromatic carbocycles. The lowest BCUT2D eigenvalue weighted by molar-refractivity contribution is -0.147. The number of carbonyl (C=O) groups is 3. The molecule has 0 spiro atoms. The average molecular weight is 321 g/mol. The number of nitrogens with zero attached hydrogens (tertiary/aromatic N) is 2. The van der Waals surface area contributed by atoms with Crippen molar-refractivity contribution in [3.8, 4) is 0 Å². The lowest BCUT2D eigenvalue weighted by atomic mass is 10.2. The molecule has 2 heterocycles. The van der Waals surface area contributed by atoms with Crippen LogP contribution in [-0.2, 0) is 9.59 Å². The summed E-state index contributed by atoms with van der Waals surface area (Å²) in [7, 11) is 0. The van der Waals surface area contributed by atoms with Crippen molar-refractivity contribution in [2.45, 2.75) is 33.7 Å². The van der Waals surface area contributed by atoms with Gasteiger partial charge in [-0.05, 0) is 33.8 Å². The van der Waals surface area contributed by atoms with Crippen LogP contribution in [0.2, 0.25) is 0 Å². The lowest BCUT2D eigenvalue weighted by Crippen LogP contribution is -2.54. The monoisotopic (exact) mass is 321 g/mol. The third-order valence-corrected chi connectivity index (χ3v) is 3.74. The van der Waals surface area contributed by atoms with Crippen LogP contribution in [0.15, 0.2) is 10.5 Å². The number of hydrogen-bond acceptors (Lipinski definition) is 4. The van der Waals surface area contributed by atoms with Crippen molar-refractivity contribution in [3.63, 3.8) is 0 Å². The second-order valence-electron chi connectivity index (χ2n) is 6.04. The van der Waals surface area contributed by atoms with Gasteiger partial charge in [-0.3, -0.25) is 14.4 Å². The number of furan rings is 1. The van der Waals surface area contributed by atoms with Crippen LogP contribution in [-0.4, -0.2) is 59.7 Å². The van der Waals surface area contributed by atoms with Gasteiger partial charge in [0, 0.05) is 32.2 Å².